The van der Waals surface area contributed by atoms with Crippen molar-refractivity contribution in [2.75, 3.05) is 18.6 Å². The third kappa shape index (κ3) is 4.22. The highest BCUT2D eigenvalue weighted by Gasteiger charge is 2.35. The van der Waals surface area contributed by atoms with Gasteiger partial charge in [-0.05, 0) is 24.6 Å². The van der Waals surface area contributed by atoms with Crippen LogP contribution in [0.1, 0.15) is 17.7 Å². The van der Waals surface area contributed by atoms with Gasteiger partial charge >= 0.3 is 0 Å². The van der Waals surface area contributed by atoms with E-state index in [9.17, 15) is 13.2 Å². The molecule has 1 aromatic carbocycles. The van der Waals surface area contributed by atoms with Gasteiger partial charge in [0.1, 0.15) is 11.5 Å². The fourth-order valence-electron chi connectivity index (χ4n) is 3.13. The molecule has 0 bridgehead atoms. The molecule has 2 heterocycles. The summed E-state index contributed by atoms with van der Waals surface area (Å²) < 4.78 is 34.4. The van der Waals surface area contributed by atoms with Gasteiger partial charge in [0.25, 0.3) is 0 Å². The van der Waals surface area contributed by atoms with Crippen LogP contribution in [0.4, 0.5) is 0 Å². The molecule has 2 aromatic rings. The van der Waals surface area contributed by atoms with Crippen LogP contribution in [0.3, 0.4) is 0 Å². The van der Waals surface area contributed by atoms with Crippen LogP contribution >= 0.6 is 0 Å². The summed E-state index contributed by atoms with van der Waals surface area (Å²) in [5.74, 6) is 1.27. The van der Waals surface area contributed by atoms with E-state index in [1.807, 2.05) is 18.2 Å². The molecule has 1 atom stereocenters. The largest absolute Gasteiger partial charge is 0.496 e. The maximum absolute atomic E-state index is 12.9. The summed E-state index contributed by atoms with van der Waals surface area (Å²) in [4.78, 5) is 14.6. The maximum Gasteiger partial charge on any atom is 0.227 e. The number of furan rings is 1. The molecule has 0 saturated carbocycles. The third-order valence-electron chi connectivity index (χ3n) is 4.41. The van der Waals surface area contributed by atoms with Gasteiger partial charge in [0.15, 0.2) is 9.84 Å². The van der Waals surface area contributed by atoms with Crippen LogP contribution in [0, 0.1) is 0 Å². The Bertz CT molecular complexity index is 829. The molecule has 25 heavy (non-hydrogen) atoms. The van der Waals surface area contributed by atoms with Gasteiger partial charge in [0.05, 0.1) is 37.8 Å². The summed E-state index contributed by atoms with van der Waals surface area (Å²) in [5.41, 5.74) is 0.778. The normalized spacial score (nSPS) is 18.8. The van der Waals surface area contributed by atoms with Crippen LogP contribution in [0.15, 0.2) is 47.1 Å². The van der Waals surface area contributed by atoms with Crippen molar-refractivity contribution in [1.82, 2.24) is 4.90 Å². The second-order valence-corrected chi connectivity index (χ2v) is 8.38. The average molecular weight is 363 g/mol. The van der Waals surface area contributed by atoms with E-state index >= 15 is 0 Å². The zero-order valence-electron chi connectivity index (χ0n) is 14.1. The number of amides is 1. The van der Waals surface area contributed by atoms with Crippen molar-refractivity contribution in [1.29, 1.82) is 0 Å². The van der Waals surface area contributed by atoms with Crippen LogP contribution < -0.4 is 4.74 Å². The van der Waals surface area contributed by atoms with Crippen molar-refractivity contribution in [2.24, 2.45) is 0 Å². The number of carbonyl (C=O) groups is 1. The average Bonchev–Trinajstić information content (AvgIpc) is 3.22. The summed E-state index contributed by atoms with van der Waals surface area (Å²) in [6.07, 6.45) is 2.16. The Morgan fingerprint density at radius 1 is 1.28 bits per heavy atom. The lowest BCUT2D eigenvalue weighted by atomic mass is 10.1. The molecule has 1 fully saturated rings. The van der Waals surface area contributed by atoms with Crippen LogP contribution in [0.2, 0.25) is 0 Å². The highest BCUT2D eigenvalue weighted by atomic mass is 32.2. The van der Waals surface area contributed by atoms with Crippen LogP contribution in [-0.4, -0.2) is 43.9 Å². The van der Waals surface area contributed by atoms with Gasteiger partial charge in [-0.1, -0.05) is 18.2 Å². The molecule has 3 rings (SSSR count). The molecule has 0 aliphatic carbocycles. The summed E-state index contributed by atoms with van der Waals surface area (Å²) in [6, 6.07) is 10.6. The predicted molar refractivity (Wildman–Crippen MR) is 93.0 cm³/mol. The van der Waals surface area contributed by atoms with E-state index in [-0.39, 0.29) is 36.4 Å². The number of ether oxygens (including phenoxy) is 1. The second-order valence-electron chi connectivity index (χ2n) is 6.15. The Labute approximate surface area is 147 Å². The molecule has 0 N–H and O–H groups in total. The van der Waals surface area contributed by atoms with E-state index < -0.39 is 9.84 Å². The van der Waals surface area contributed by atoms with Crippen molar-refractivity contribution < 1.29 is 22.4 Å². The highest BCUT2D eigenvalue weighted by molar-refractivity contribution is 7.91. The van der Waals surface area contributed by atoms with Gasteiger partial charge in [-0.2, -0.15) is 0 Å². The van der Waals surface area contributed by atoms with E-state index in [1.165, 1.54) is 0 Å². The second kappa shape index (κ2) is 7.31. The van der Waals surface area contributed by atoms with E-state index in [2.05, 4.69) is 0 Å². The molecule has 1 aromatic heterocycles. The molecule has 0 unspecified atom stereocenters. The smallest absolute Gasteiger partial charge is 0.227 e. The Morgan fingerprint density at radius 2 is 2.08 bits per heavy atom. The number of hydrogen-bond donors (Lipinski definition) is 0. The maximum atomic E-state index is 12.9. The third-order valence-corrected chi connectivity index (χ3v) is 6.16. The van der Waals surface area contributed by atoms with E-state index in [4.69, 9.17) is 9.15 Å². The molecule has 0 spiro atoms. The van der Waals surface area contributed by atoms with Gasteiger partial charge in [-0.25, -0.2) is 8.42 Å². The van der Waals surface area contributed by atoms with Gasteiger partial charge in [0, 0.05) is 11.6 Å². The Balaban J connectivity index is 1.81. The van der Waals surface area contributed by atoms with E-state index in [0.29, 0.717) is 17.9 Å². The first-order valence-corrected chi connectivity index (χ1v) is 9.95. The highest BCUT2D eigenvalue weighted by Crippen LogP contribution is 2.24. The molecule has 1 aliphatic heterocycles. The summed E-state index contributed by atoms with van der Waals surface area (Å²) >= 11 is 0. The minimum absolute atomic E-state index is 0.00533. The van der Waals surface area contributed by atoms with Crippen molar-refractivity contribution >= 4 is 15.7 Å². The Hall–Kier alpha value is -2.28. The SMILES string of the molecule is COc1ccccc1CC(=O)N(Cc1ccco1)[C@H]1CCS(=O)(=O)C1. The monoisotopic (exact) mass is 363 g/mol. The lowest BCUT2D eigenvalue weighted by Gasteiger charge is -2.27. The topological polar surface area (TPSA) is 76.8 Å². The number of nitrogens with zero attached hydrogens (tertiary/aromatic N) is 1. The minimum atomic E-state index is -3.09. The van der Waals surface area contributed by atoms with Crippen LogP contribution in [0.25, 0.3) is 0 Å². The Morgan fingerprint density at radius 3 is 2.72 bits per heavy atom. The van der Waals surface area contributed by atoms with Crippen molar-refractivity contribution in [2.45, 2.75) is 25.4 Å². The zero-order chi connectivity index (χ0) is 17.9. The summed E-state index contributed by atoms with van der Waals surface area (Å²) in [6.45, 7) is 0.265. The first kappa shape index (κ1) is 17.5. The molecule has 1 aliphatic rings. The first-order chi connectivity index (χ1) is 12.0. The fourth-order valence-corrected chi connectivity index (χ4v) is 4.86. The van der Waals surface area contributed by atoms with Crippen LogP contribution in [-0.2, 0) is 27.6 Å². The number of methoxy groups -OCH3 is 1. The summed E-state index contributed by atoms with van der Waals surface area (Å²) in [5, 5.41) is 0. The number of hydrogen-bond acceptors (Lipinski definition) is 5. The molecule has 0 radical (unpaired) electrons. The quantitative estimate of drug-likeness (QED) is 0.785. The molecule has 6 nitrogen and oxygen atoms in total. The number of rotatable bonds is 6. The standard InChI is InChI=1S/C18H21NO5S/c1-23-17-7-3-2-5-14(17)11-18(20)19(12-16-6-4-9-24-16)15-8-10-25(21,22)13-15/h2-7,9,15H,8,10-13H2,1H3/t15-/m0/s1. The van der Waals surface area contributed by atoms with E-state index in [0.717, 1.165) is 5.56 Å². The molecular weight excluding hydrogens is 342 g/mol. The van der Waals surface area contributed by atoms with Crippen molar-refractivity contribution in [3.05, 3.63) is 54.0 Å². The Kier molecular flexibility index (Phi) is 5.13. The lowest BCUT2D eigenvalue weighted by Crippen LogP contribution is -2.41. The number of benzene rings is 1. The lowest BCUT2D eigenvalue weighted by molar-refractivity contribution is -0.133. The molecule has 1 saturated heterocycles. The summed E-state index contributed by atoms with van der Waals surface area (Å²) in [7, 11) is -1.52. The van der Waals surface area contributed by atoms with Crippen molar-refractivity contribution in [3.63, 3.8) is 0 Å². The van der Waals surface area contributed by atoms with Crippen LogP contribution in [0.5, 0.6) is 5.75 Å². The number of para-hydroxylation sites is 1. The van der Waals surface area contributed by atoms with Gasteiger partial charge in [0.2, 0.25) is 5.91 Å². The fraction of sp³-hybridized carbons (Fsp3) is 0.389. The predicted octanol–water partition coefficient (Wildman–Crippen LogP) is 2.05. The first-order valence-electron chi connectivity index (χ1n) is 8.12. The van der Waals surface area contributed by atoms with Crippen molar-refractivity contribution in [3.8, 4) is 5.75 Å². The number of carbonyl (C=O) groups excluding carboxylic acids is 1. The minimum Gasteiger partial charge on any atom is -0.496 e. The van der Waals surface area contributed by atoms with Gasteiger partial charge in [-0.3, -0.25) is 4.79 Å². The van der Waals surface area contributed by atoms with Gasteiger partial charge < -0.3 is 14.1 Å². The van der Waals surface area contributed by atoms with E-state index in [1.54, 1.807) is 36.5 Å². The molecule has 7 heteroatoms. The zero-order valence-corrected chi connectivity index (χ0v) is 14.9. The molecule has 1 amide bonds. The number of sulfone groups is 1. The van der Waals surface area contributed by atoms with Gasteiger partial charge in [-0.15, -0.1) is 0 Å². The molecular formula is C18H21NO5S. The molecule has 134 valence electrons.